The molecule has 46 heavy (non-hydrogen) atoms. The largest absolute Gasteiger partial charge is 0.334 e. The molecule has 5 aromatic rings. The number of thiophene rings is 1. The van der Waals surface area contributed by atoms with Crippen molar-refractivity contribution in [2.75, 3.05) is 12.4 Å². The number of hydrogen-bond donors (Lipinski definition) is 1. The van der Waals surface area contributed by atoms with Gasteiger partial charge in [0.25, 0.3) is 0 Å². The fourth-order valence-corrected chi connectivity index (χ4v) is 6.64. The Hall–Kier alpha value is -4.47. The van der Waals surface area contributed by atoms with E-state index in [1.54, 1.807) is 18.4 Å². The number of nitrogens with zero attached hydrogens (tertiary/aromatic N) is 2. The van der Waals surface area contributed by atoms with Crippen LogP contribution in [0.4, 0.5) is 14.5 Å². The molecule has 1 amide bonds. The van der Waals surface area contributed by atoms with Gasteiger partial charge in [-0.2, -0.15) is 0 Å². The van der Waals surface area contributed by atoms with Crippen LogP contribution in [0.5, 0.6) is 0 Å². The zero-order chi connectivity index (χ0) is 33.1. The van der Waals surface area contributed by atoms with Gasteiger partial charge in [0.2, 0.25) is 11.3 Å². The quantitative estimate of drug-likeness (QED) is 0.148. The predicted molar refractivity (Wildman–Crippen MR) is 181 cm³/mol. The SMILES string of the molecule is CC(C)C(=O)Nc1ccc(-c2sc3c(c2CN(C)Cc2ccccc2)c(=O)c(C(=O)C(C)C)cn3Cc2c(F)cccc2F)cc1. The predicted octanol–water partition coefficient (Wildman–Crippen LogP) is 8.12. The second kappa shape index (κ2) is 13.9. The summed E-state index contributed by atoms with van der Waals surface area (Å²) in [7, 11) is 1.96. The normalized spacial score (nSPS) is 11.6. The van der Waals surface area contributed by atoms with Crippen LogP contribution in [0.1, 0.15) is 54.7 Å². The summed E-state index contributed by atoms with van der Waals surface area (Å²) in [6.45, 7) is 7.86. The third kappa shape index (κ3) is 7.00. The molecular formula is C37H37F2N3O3S. The minimum atomic E-state index is -0.706. The van der Waals surface area contributed by atoms with Crippen molar-refractivity contribution in [3.8, 4) is 10.4 Å². The lowest BCUT2D eigenvalue weighted by Gasteiger charge is -2.18. The molecule has 0 unspecified atom stereocenters. The highest BCUT2D eigenvalue weighted by Crippen LogP contribution is 2.39. The molecule has 6 nitrogen and oxygen atoms in total. The van der Waals surface area contributed by atoms with Crippen molar-refractivity contribution in [3.63, 3.8) is 0 Å². The molecule has 1 N–H and O–H groups in total. The van der Waals surface area contributed by atoms with Gasteiger partial charge in [-0.3, -0.25) is 19.3 Å². The van der Waals surface area contributed by atoms with E-state index in [1.807, 2.05) is 75.5 Å². The van der Waals surface area contributed by atoms with Crippen molar-refractivity contribution >= 4 is 38.9 Å². The molecule has 9 heteroatoms. The molecule has 2 heterocycles. The molecule has 0 spiro atoms. The Morgan fingerprint density at radius 3 is 2.11 bits per heavy atom. The Balaban J connectivity index is 1.72. The van der Waals surface area contributed by atoms with Crippen LogP contribution in [0.2, 0.25) is 0 Å². The summed E-state index contributed by atoms with van der Waals surface area (Å²) in [5.41, 5.74) is 2.71. The molecule has 0 saturated carbocycles. The Bertz CT molecular complexity index is 1930. The zero-order valence-electron chi connectivity index (χ0n) is 26.6. The topological polar surface area (TPSA) is 71.4 Å². The number of carbonyl (C=O) groups is 2. The summed E-state index contributed by atoms with van der Waals surface area (Å²) in [4.78, 5) is 43.3. The van der Waals surface area contributed by atoms with E-state index in [4.69, 9.17) is 0 Å². The van der Waals surface area contributed by atoms with E-state index in [0.717, 1.165) is 21.6 Å². The van der Waals surface area contributed by atoms with E-state index in [1.165, 1.54) is 35.7 Å². The number of hydrogen-bond acceptors (Lipinski definition) is 5. The number of carbonyl (C=O) groups excluding carboxylic acids is 2. The monoisotopic (exact) mass is 641 g/mol. The third-order valence-corrected chi connectivity index (χ3v) is 9.17. The Morgan fingerprint density at radius 2 is 1.50 bits per heavy atom. The van der Waals surface area contributed by atoms with Crippen molar-refractivity contribution in [2.45, 2.75) is 47.3 Å². The highest BCUT2D eigenvalue weighted by atomic mass is 32.1. The lowest BCUT2D eigenvalue weighted by Crippen LogP contribution is -2.24. The van der Waals surface area contributed by atoms with E-state index in [9.17, 15) is 23.2 Å². The Labute approximate surface area is 271 Å². The van der Waals surface area contributed by atoms with Crippen LogP contribution in [0.15, 0.2) is 83.8 Å². The van der Waals surface area contributed by atoms with E-state index in [-0.39, 0.29) is 35.3 Å². The van der Waals surface area contributed by atoms with Gasteiger partial charge < -0.3 is 9.88 Å². The summed E-state index contributed by atoms with van der Waals surface area (Å²) in [6, 6.07) is 21.0. The highest BCUT2D eigenvalue weighted by molar-refractivity contribution is 7.22. The van der Waals surface area contributed by atoms with E-state index >= 15 is 0 Å². The molecule has 3 aromatic carbocycles. The molecule has 0 aliphatic rings. The van der Waals surface area contributed by atoms with Crippen LogP contribution in [0, 0.1) is 23.5 Å². The van der Waals surface area contributed by atoms with Crippen molar-refractivity contribution in [3.05, 3.63) is 123 Å². The summed E-state index contributed by atoms with van der Waals surface area (Å²) in [5.74, 6) is -2.49. The number of anilines is 1. The van der Waals surface area contributed by atoms with Gasteiger partial charge in [0.05, 0.1) is 17.5 Å². The van der Waals surface area contributed by atoms with E-state index in [2.05, 4.69) is 10.2 Å². The molecule has 0 fully saturated rings. The highest BCUT2D eigenvalue weighted by Gasteiger charge is 2.26. The number of rotatable bonds is 11. The molecule has 2 aromatic heterocycles. The standard InChI is InChI=1S/C37H37F2N3O3S/c1-22(2)33(43)29-21-42(20-27-30(38)12-9-13-31(27)39)37-32(34(29)44)28(19-41(5)18-24-10-7-6-8-11-24)35(46-37)25-14-16-26(17-15-25)40-36(45)23(3)4/h6-17,21-23H,18-20H2,1-5H3,(H,40,45). The molecule has 0 saturated heterocycles. The van der Waals surface area contributed by atoms with Gasteiger partial charge in [0.15, 0.2) is 5.78 Å². The number of ketones is 1. The van der Waals surface area contributed by atoms with Gasteiger partial charge in [-0.15, -0.1) is 11.3 Å². The van der Waals surface area contributed by atoms with Crippen LogP contribution in [-0.2, 0) is 24.4 Å². The summed E-state index contributed by atoms with van der Waals surface area (Å²) >= 11 is 1.34. The number of pyridine rings is 1. The van der Waals surface area contributed by atoms with Crippen LogP contribution in [0.3, 0.4) is 0 Å². The number of benzene rings is 3. The molecule has 238 valence electrons. The minimum absolute atomic E-state index is 0.0118. The second-order valence-corrected chi connectivity index (χ2v) is 13.2. The number of fused-ring (bicyclic) bond motifs is 1. The van der Waals surface area contributed by atoms with Crippen molar-refractivity contribution in [1.82, 2.24) is 9.47 Å². The molecule has 0 aliphatic heterocycles. The van der Waals surface area contributed by atoms with Gasteiger partial charge in [0.1, 0.15) is 16.5 Å². The average molecular weight is 642 g/mol. The maximum absolute atomic E-state index is 14.9. The zero-order valence-corrected chi connectivity index (χ0v) is 27.4. The fraction of sp³-hybridized carbons (Fsp3) is 0.270. The van der Waals surface area contributed by atoms with Crippen LogP contribution < -0.4 is 10.7 Å². The van der Waals surface area contributed by atoms with Gasteiger partial charge in [-0.05, 0) is 48.0 Å². The van der Waals surface area contributed by atoms with Crippen molar-refractivity contribution in [1.29, 1.82) is 0 Å². The number of nitrogens with one attached hydrogen (secondary N) is 1. The first kappa shape index (κ1) is 32.9. The molecule has 0 radical (unpaired) electrons. The summed E-state index contributed by atoms with van der Waals surface area (Å²) < 4.78 is 31.4. The number of amides is 1. The Kier molecular flexibility index (Phi) is 9.94. The first-order valence-corrected chi connectivity index (χ1v) is 16.1. The molecule has 0 aliphatic carbocycles. The number of halogens is 2. The lowest BCUT2D eigenvalue weighted by atomic mass is 9.99. The van der Waals surface area contributed by atoms with Gasteiger partial charge in [0, 0.05) is 47.3 Å². The van der Waals surface area contributed by atoms with Crippen LogP contribution in [0.25, 0.3) is 20.7 Å². The molecular weight excluding hydrogens is 604 g/mol. The van der Waals surface area contributed by atoms with Gasteiger partial charge in [-0.25, -0.2) is 8.78 Å². The number of Topliss-reactive ketones (excluding diaryl/α,β-unsaturated/α-hetero) is 1. The second-order valence-electron chi connectivity index (χ2n) is 12.2. The van der Waals surface area contributed by atoms with Crippen molar-refractivity contribution in [2.24, 2.45) is 11.8 Å². The third-order valence-electron chi connectivity index (χ3n) is 7.85. The smallest absolute Gasteiger partial charge is 0.226 e. The van der Waals surface area contributed by atoms with Crippen molar-refractivity contribution < 1.29 is 18.4 Å². The fourth-order valence-electron chi connectivity index (χ4n) is 5.35. The van der Waals surface area contributed by atoms with Crippen LogP contribution in [-0.4, -0.2) is 28.2 Å². The molecule has 0 atom stereocenters. The molecule has 5 rings (SSSR count). The minimum Gasteiger partial charge on any atom is -0.334 e. The number of aromatic nitrogens is 1. The first-order chi connectivity index (χ1) is 21.9. The lowest BCUT2D eigenvalue weighted by molar-refractivity contribution is -0.118. The van der Waals surface area contributed by atoms with E-state index < -0.39 is 23.0 Å². The summed E-state index contributed by atoms with van der Waals surface area (Å²) in [5, 5.41) is 3.26. The van der Waals surface area contributed by atoms with Crippen LogP contribution >= 0.6 is 11.3 Å². The Morgan fingerprint density at radius 1 is 0.848 bits per heavy atom. The van der Waals surface area contributed by atoms with Gasteiger partial charge >= 0.3 is 0 Å². The van der Waals surface area contributed by atoms with E-state index in [0.29, 0.717) is 29.0 Å². The first-order valence-electron chi connectivity index (χ1n) is 15.2. The average Bonchev–Trinajstić information content (AvgIpc) is 3.40. The maximum Gasteiger partial charge on any atom is 0.226 e. The van der Waals surface area contributed by atoms with Gasteiger partial charge in [-0.1, -0.05) is 76.2 Å². The molecule has 0 bridgehead atoms. The maximum atomic E-state index is 14.9. The summed E-state index contributed by atoms with van der Waals surface area (Å²) in [6.07, 6.45) is 1.45.